The molecule has 0 saturated carbocycles. The predicted octanol–water partition coefficient (Wildman–Crippen LogP) is 2.26. The van der Waals surface area contributed by atoms with Crippen molar-refractivity contribution >= 4 is 0 Å². The highest BCUT2D eigenvalue weighted by Gasteiger charge is 2.42. The number of aliphatic hydroxyl groups is 1. The van der Waals surface area contributed by atoms with Gasteiger partial charge in [-0.2, -0.15) is 5.10 Å². The van der Waals surface area contributed by atoms with E-state index in [9.17, 15) is 0 Å². The molecule has 1 aromatic heterocycles. The van der Waals surface area contributed by atoms with Gasteiger partial charge >= 0.3 is 0 Å². The lowest BCUT2D eigenvalue weighted by Crippen LogP contribution is -2.46. The minimum absolute atomic E-state index is 0.116. The molecule has 146 valence electrons. The predicted molar refractivity (Wildman–Crippen MR) is 103 cm³/mol. The summed E-state index contributed by atoms with van der Waals surface area (Å²) in [4.78, 5) is 2.48. The Labute approximate surface area is 160 Å². The van der Waals surface area contributed by atoms with Gasteiger partial charge in [0.25, 0.3) is 0 Å². The number of likely N-dealkylation sites (tertiary alicyclic amines) is 1. The fourth-order valence-electron chi connectivity index (χ4n) is 4.54. The van der Waals surface area contributed by atoms with Crippen LogP contribution in [0.4, 0.5) is 0 Å². The van der Waals surface area contributed by atoms with Gasteiger partial charge in [0.15, 0.2) is 0 Å². The molecular formula is C21H29N3O3. The molecule has 2 aliphatic heterocycles. The van der Waals surface area contributed by atoms with E-state index in [1.54, 1.807) is 7.11 Å². The first-order valence-electron chi connectivity index (χ1n) is 9.82. The maximum Gasteiger partial charge on any atom is 0.125 e. The summed E-state index contributed by atoms with van der Waals surface area (Å²) in [5.41, 5.74) is 4.71. The minimum Gasteiger partial charge on any atom is -0.496 e. The molecule has 0 amide bonds. The molecule has 1 aromatic carbocycles. The van der Waals surface area contributed by atoms with Crippen molar-refractivity contribution in [3.8, 4) is 5.75 Å². The Kier molecular flexibility index (Phi) is 5.21. The molecule has 2 aliphatic rings. The van der Waals surface area contributed by atoms with Gasteiger partial charge in [0.2, 0.25) is 0 Å². The molecule has 1 saturated heterocycles. The van der Waals surface area contributed by atoms with Crippen LogP contribution in [0.5, 0.6) is 5.75 Å². The van der Waals surface area contributed by atoms with Gasteiger partial charge in [-0.3, -0.25) is 9.58 Å². The van der Waals surface area contributed by atoms with Crippen molar-refractivity contribution in [3.63, 3.8) is 0 Å². The summed E-state index contributed by atoms with van der Waals surface area (Å²) in [5, 5.41) is 13.6. The Morgan fingerprint density at radius 2 is 2.11 bits per heavy atom. The SMILES string of the molecule is COc1cccc2c1C1(CCN(Cc3cn(CCO)nc3C)CC1)OCC2. The van der Waals surface area contributed by atoms with Gasteiger partial charge in [-0.05, 0) is 37.8 Å². The van der Waals surface area contributed by atoms with Gasteiger partial charge in [-0.15, -0.1) is 0 Å². The monoisotopic (exact) mass is 371 g/mol. The van der Waals surface area contributed by atoms with Gasteiger partial charge in [0.1, 0.15) is 5.75 Å². The molecule has 0 unspecified atom stereocenters. The summed E-state index contributed by atoms with van der Waals surface area (Å²) in [6.07, 6.45) is 4.97. The average Bonchev–Trinajstić information content (AvgIpc) is 3.03. The van der Waals surface area contributed by atoms with Crippen molar-refractivity contribution in [2.24, 2.45) is 0 Å². The van der Waals surface area contributed by atoms with Gasteiger partial charge in [-0.25, -0.2) is 0 Å². The molecule has 6 nitrogen and oxygen atoms in total. The number of methoxy groups -OCH3 is 1. The number of aliphatic hydroxyl groups excluding tert-OH is 1. The van der Waals surface area contributed by atoms with Gasteiger partial charge in [-0.1, -0.05) is 12.1 Å². The summed E-state index contributed by atoms with van der Waals surface area (Å²) >= 11 is 0. The van der Waals surface area contributed by atoms with Gasteiger partial charge in [0, 0.05) is 37.0 Å². The molecule has 2 aromatic rings. The average molecular weight is 371 g/mol. The second-order valence-electron chi connectivity index (χ2n) is 7.59. The Hall–Kier alpha value is -1.89. The van der Waals surface area contributed by atoms with Crippen molar-refractivity contribution in [2.45, 2.75) is 44.9 Å². The third-order valence-electron chi connectivity index (χ3n) is 5.97. The first kappa shape index (κ1) is 18.5. The van der Waals surface area contributed by atoms with Crippen molar-refractivity contribution in [2.75, 3.05) is 33.4 Å². The van der Waals surface area contributed by atoms with Crippen LogP contribution < -0.4 is 4.74 Å². The van der Waals surface area contributed by atoms with Gasteiger partial charge in [0.05, 0.1) is 38.2 Å². The lowest BCUT2D eigenvalue weighted by molar-refractivity contribution is -0.100. The molecule has 0 aliphatic carbocycles. The molecule has 0 bridgehead atoms. The van der Waals surface area contributed by atoms with E-state index in [0.717, 1.165) is 56.9 Å². The summed E-state index contributed by atoms with van der Waals surface area (Å²) in [7, 11) is 1.75. The normalized spacial score (nSPS) is 19.2. The standard InChI is InChI=1S/C21H29N3O3/c1-16-18(15-24(22-16)11-12-25)14-23-9-7-21(8-10-23)20-17(6-13-27-21)4-3-5-19(20)26-2/h3-5,15,25H,6-14H2,1-2H3. The molecule has 3 heterocycles. The van der Waals surface area contributed by atoms with Crippen molar-refractivity contribution in [1.29, 1.82) is 0 Å². The van der Waals surface area contributed by atoms with E-state index in [2.05, 4.69) is 34.4 Å². The first-order chi connectivity index (χ1) is 13.1. The van der Waals surface area contributed by atoms with Crippen LogP contribution in [0.15, 0.2) is 24.4 Å². The number of nitrogens with zero attached hydrogens (tertiary/aromatic N) is 3. The highest BCUT2D eigenvalue weighted by molar-refractivity contribution is 5.46. The molecule has 27 heavy (non-hydrogen) atoms. The van der Waals surface area contributed by atoms with E-state index in [1.165, 1.54) is 16.7 Å². The fourth-order valence-corrected chi connectivity index (χ4v) is 4.54. The molecule has 1 spiro atoms. The van der Waals surface area contributed by atoms with Crippen molar-refractivity contribution < 1.29 is 14.6 Å². The van der Waals surface area contributed by atoms with Crippen molar-refractivity contribution in [3.05, 3.63) is 46.8 Å². The fraction of sp³-hybridized carbons (Fsp3) is 0.571. The van der Waals surface area contributed by atoms with E-state index in [1.807, 2.05) is 11.6 Å². The maximum atomic E-state index is 9.11. The highest BCUT2D eigenvalue weighted by atomic mass is 16.5. The summed E-state index contributed by atoms with van der Waals surface area (Å²) in [6, 6.07) is 6.35. The Morgan fingerprint density at radius 1 is 1.30 bits per heavy atom. The first-order valence-corrected chi connectivity index (χ1v) is 9.82. The van der Waals surface area contributed by atoms with E-state index in [-0.39, 0.29) is 12.2 Å². The Bertz CT molecular complexity index is 780. The van der Waals surface area contributed by atoms with E-state index >= 15 is 0 Å². The van der Waals surface area contributed by atoms with Crippen molar-refractivity contribution in [1.82, 2.24) is 14.7 Å². The number of hydrogen-bond acceptors (Lipinski definition) is 5. The number of piperidine rings is 1. The molecule has 6 heteroatoms. The Morgan fingerprint density at radius 3 is 2.85 bits per heavy atom. The van der Waals surface area contributed by atoms with E-state index < -0.39 is 0 Å². The third kappa shape index (κ3) is 3.49. The zero-order valence-corrected chi connectivity index (χ0v) is 16.3. The molecule has 1 N–H and O–H groups in total. The zero-order chi connectivity index (χ0) is 18.9. The summed E-state index contributed by atoms with van der Waals surface area (Å²) in [6.45, 7) is 6.36. The van der Waals surface area contributed by atoms with Crippen LogP contribution in [0.3, 0.4) is 0 Å². The molecule has 1 fully saturated rings. The molecular weight excluding hydrogens is 342 g/mol. The molecule has 0 radical (unpaired) electrons. The smallest absolute Gasteiger partial charge is 0.125 e. The van der Waals surface area contributed by atoms with Crippen LogP contribution in [0.2, 0.25) is 0 Å². The van der Waals surface area contributed by atoms with E-state index in [0.29, 0.717) is 6.54 Å². The van der Waals surface area contributed by atoms with Crippen LogP contribution in [-0.4, -0.2) is 53.2 Å². The largest absolute Gasteiger partial charge is 0.496 e. The molecule has 4 rings (SSSR count). The lowest BCUT2D eigenvalue weighted by atomic mass is 9.78. The topological polar surface area (TPSA) is 59.8 Å². The van der Waals surface area contributed by atoms with Crippen LogP contribution in [0, 0.1) is 6.92 Å². The minimum atomic E-state index is -0.215. The second kappa shape index (κ2) is 7.62. The number of aromatic nitrogens is 2. The maximum absolute atomic E-state index is 9.11. The van der Waals surface area contributed by atoms with Gasteiger partial charge < -0.3 is 14.6 Å². The van der Waals surface area contributed by atoms with Crippen LogP contribution in [0.1, 0.15) is 35.2 Å². The number of aryl methyl sites for hydroxylation is 1. The number of ether oxygens (including phenoxy) is 2. The summed E-state index contributed by atoms with van der Waals surface area (Å²) in [5.74, 6) is 0.960. The van der Waals surface area contributed by atoms with E-state index in [4.69, 9.17) is 14.6 Å². The number of rotatable bonds is 5. The zero-order valence-electron chi connectivity index (χ0n) is 16.3. The number of fused-ring (bicyclic) bond motifs is 2. The highest BCUT2D eigenvalue weighted by Crippen LogP contribution is 2.45. The van der Waals surface area contributed by atoms with Crippen LogP contribution in [0.25, 0.3) is 0 Å². The summed E-state index contributed by atoms with van der Waals surface area (Å²) < 4.78 is 13.9. The third-order valence-corrected chi connectivity index (χ3v) is 5.97. The van der Waals surface area contributed by atoms with Crippen LogP contribution in [-0.2, 0) is 29.8 Å². The number of hydrogen-bond donors (Lipinski definition) is 1. The van der Waals surface area contributed by atoms with Crippen LogP contribution >= 0.6 is 0 Å². The molecule has 0 atom stereocenters. The number of benzene rings is 1. The lowest BCUT2D eigenvalue weighted by Gasteiger charge is -2.45. The Balaban J connectivity index is 1.49. The second-order valence-corrected chi connectivity index (χ2v) is 7.59. The quantitative estimate of drug-likeness (QED) is 0.874.